The first-order valence-electron chi connectivity index (χ1n) is 9.86. The van der Waals surface area contributed by atoms with Gasteiger partial charge in [0.15, 0.2) is 0 Å². The number of aromatic nitrogens is 2. The van der Waals surface area contributed by atoms with E-state index in [1.165, 1.54) is 18.4 Å². The molecule has 1 aliphatic heterocycles. The number of benzene rings is 2. The van der Waals surface area contributed by atoms with Gasteiger partial charge in [0.25, 0.3) is 12.2 Å². The van der Waals surface area contributed by atoms with Crippen molar-refractivity contribution in [2.24, 2.45) is 0 Å². The smallest absolute Gasteiger partial charge is 0.324 e. The minimum Gasteiger partial charge on any atom is -0.453 e. The number of ether oxygens (including phenoxy) is 2. The van der Waals surface area contributed by atoms with Crippen LogP contribution in [0.4, 0.5) is 5.00 Å². The monoisotopic (exact) mass is 460 g/mol. The predicted octanol–water partition coefficient (Wildman–Crippen LogP) is 4.98. The van der Waals surface area contributed by atoms with E-state index in [1.807, 2.05) is 60.7 Å². The van der Waals surface area contributed by atoms with Crippen molar-refractivity contribution in [1.82, 2.24) is 15.5 Å². The number of H-pyrrole nitrogens is 1. The highest BCUT2D eigenvalue weighted by Gasteiger charge is 2.26. The van der Waals surface area contributed by atoms with Gasteiger partial charge in [0.05, 0.1) is 21.0 Å². The number of fused-ring (bicyclic) bond motifs is 1. The van der Waals surface area contributed by atoms with Gasteiger partial charge >= 0.3 is 5.00 Å². The van der Waals surface area contributed by atoms with Crippen LogP contribution in [0.5, 0.6) is 0 Å². The molecule has 0 radical (unpaired) electrons. The van der Waals surface area contributed by atoms with Crippen molar-refractivity contribution in [3.63, 3.8) is 0 Å². The van der Waals surface area contributed by atoms with E-state index >= 15 is 0 Å². The van der Waals surface area contributed by atoms with Gasteiger partial charge in [0, 0.05) is 17.0 Å². The molecule has 0 aliphatic carbocycles. The van der Waals surface area contributed by atoms with Crippen LogP contribution in [0.25, 0.3) is 23.1 Å². The summed E-state index contributed by atoms with van der Waals surface area (Å²) in [5.41, 5.74) is 3.39. The molecule has 0 saturated heterocycles. The number of rotatable bonds is 6. The Hall–Kier alpha value is -4.44. The van der Waals surface area contributed by atoms with Crippen molar-refractivity contribution in [2.45, 2.75) is 6.29 Å². The summed E-state index contributed by atoms with van der Waals surface area (Å²) in [6.45, 7) is 0. The third-order valence-corrected chi connectivity index (χ3v) is 5.97. The SMILES string of the molecule is O=C(NC1=COC(c2ccccc2/C=C/c2n[nH]c3ccccc23)O1)c1ccc([N+](=O)[O-])s1. The first-order valence-corrected chi connectivity index (χ1v) is 10.7. The maximum Gasteiger partial charge on any atom is 0.324 e. The number of nitrogens with zero attached hydrogens (tertiary/aromatic N) is 2. The van der Waals surface area contributed by atoms with Crippen LogP contribution >= 0.6 is 11.3 Å². The zero-order valence-electron chi connectivity index (χ0n) is 16.9. The summed E-state index contributed by atoms with van der Waals surface area (Å²) in [5.74, 6) is -0.389. The number of nitrogens with one attached hydrogen (secondary N) is 2. The minimum atomic E-state index is -0.755. The standard InChI is InChI=1S/C23H16N4O5S/c28-22(19-11-12-21(33-19)27(29)30)24-20-13-31-23(32-20)15-6-2-1-5-14(15)9-10-18-16-7-3-4-8-17(16)25-26-18/h1-13,23H,(H,24,28)(H,25,26)/b10-9+. The first-order chi connectivity index (χ1) is 16.1. The summed E-state index contributed by atoms with van der Waals surface area (Å²) in [6.07, 6.45) is 4.39. The van der Waals surface area contributed by atoms with E-state index in [2.05, 4.69) is 15.5 Å². The van der Waals surface area contributed by atoms with Crippen molar-refractivity contribution in [2.75, 3.05) is 0 Å². The van der Waals surface area contributed by atoms with Gasteiger partial charge in [-0.25, -0.2) is 0 Å². The fourth-order valence-electron chi connectivity index (χ4n) is 3.37. The van der Waals surface area contributed by atoms with Crippen molar-refractivity contribution in [3.8, 4) is 0 Å². The van der Waals surface area contributed by atoms with Crippen molar-refractivity contribution < 1.29 is 19.2 Å². The molecule has 0 bridgehead atoms. The highest BCUT2D eigenvalue weighted by atomic mass is 32.1. The van der Waals surface area contributed by atoms with Gasteiger partial charge in [-0.2, -0.15) is 5.10 Å². The van der Waals surface area contributed by atoms with Gasteiger partial charge in [-0.3, -0.25) is 25.3 Å². The van der Waals surface area contributed by atoms with E-state index in [-0.39, 0.29) is 15.8 Å². The van der Waals surface area contributed by atoms with Crippen molar-refractivity contribution in [3.05, 3.63) is 105 Å². The summed E-state index contributed by atoms with van der Waals surface area (Å²) in [5, 5.41) is 21.7. The summed E-state index contributed by atoms with van der Waals surface area (Å²) in [6, 6.07) is 18.1. The predicted molar refractivity (Wildman–Crippen MR) is 123 cm³/mol. The van der Waals surface area contributed by atoms with Gasteiger partial charge < -0.3 is 9.47 Å². The normalized spacial score (nSPS) is 15.3. The highest BCUT2D eigenvalue weighted by Crippen LogP contribution is 2.31. The number of amides is 1. The number of nitro groups is 1. The number of hydrogen-bond acceptors (Lipinski definition) is 7. The lowest BCUT2D eigenvalue weighted by atomic mass is 10.1. The van der Waals surface area contributed by atoms with Crippen molar-refractivity contribution in [1.29, 1.82) is 0 Å². The van der Waals surface area contributed by atoms with E-state index < -0.39 is 17.1 Å². The molecule has 3 heterocycles. The summed E-state index contributed by atoms with van der Waals surface area (Å²) < 4.78 is 11.4. The number of thiophene rings is 1. The Balaban J connectivity index is 1.29. The number of carbonyl (C=O) groups excluding carboxylic acids is 1. The summed E-state index contributed by atoms with van der Waals surface area (Å²) >= 11 is 0.786. The first kappa shape index (κ1) is 20.5. The number of para-hydroxylation sites is 1. The van der Waals surface area contributed by atoms with Gasteiger partial charge in [-0.1, -0.05) is 59.9 Å². The van der Waals surface area contributed by atoms with E-state index in [0.29, 0.717) is 0 Å². The van der Waals surface area contributed by atoms with Crippen LogP contribution < -0.4 is 5.32 Å². The molecule has 0 fully saturated rings. The van der Waals surface area contributed by atoms with Gasteiger partial charge in [-0.15, -0.1) is 0 Å². The molecule has 1 atom stereocenters. The van der Waals surface area contributed by atoms with E-state index in [9.17, 15) is 14.9 Å². The molecule has 4 aromatic rings. The molecule has 9 nitrogen and oxygen atoms in total. The average Bonchev–Trinajstić information content (AvgIpc) is 3.57. The Morgan fingerprint density at radius 2 is 1.94 bits per heavy atom. The molecule has 0 saturated carbocycles. The quantitative estimate of drug-likeness (QED) is 0.309. The van der Waals surface area contributed by atoms with Crippen LogP contribution in [0.3, 0.4) is 0 Å². The molecule has 1 unspecified atom stereocenters. The Morgan fingerprint density at radius 3 is 2.79 bits per heavy atom. The molecule has 33 heavy (non-hydrogen) atoms. The topological polar surface area (TPSA) is 119 Å². The molecular formula is C23H16N4O5S. The summed E-state index contributed by atoms with van der Waals surface area (Å²) in [4.78, 5) is 22.8. The highest BCUT2D eigenvalue weighted by molar-refractivity contribution is 7.17. The lowest BCUT2D eigenvalue weighted by Crippen LogP contribution is -2.22. The Bertz CT molecular complexity index is 1420. The summed E-state index contributed by atoms with van der Waals surface area (Å²) in [7, 11) is 0. The zero-order chi connectivity index (χ0) is 22.8. The molecule has 1 aliphatic rings. The van der Waals surface area contributed by atoms with E-state index in [1.54, 1.807) is 0 Å². The van der Waals surface area contributed by atoms with Gasteiger partial charge in [0.1, 0.15) is 6.26 Å². The van der Waals surface area contributed by atoms with E-state index in [0.717, 1.165) is 39.1 Å². The van der Waals surface area contributed by atoms with Crippen LogP contribution in [0.15, 0.2) is 72.8 Å². The number of aromatic amines is 1. The van der Waals surface area contributed by atoms with Gasteiger partial charge in [-0.05, 0) is 23.8 Å². The molecule has 10 heteroatoms. The fourth-order valence-corrected chi connectivity index (χ4v) is 4.08. The van der Waals surface area contributed by atoms with Gasteiger partial charge in [0.2, 0.25) is 5.88 Å². The zero-order valence-corrected chi connectivity index (χ0v) is 17.7. The molecule has 5 rings (SSSR count). The van der Waals surface area contributed by atoms with Crippen LogP contribution in [0.1, 0.15) is 32.8 Å². The Labute approximate surface area is 191 Å². The molecule has 1 amide bonds. The molecule has 2 aromatic carbocycles. The van der Waals surface area contributed by atoms with E-state index in [4.69, 9.17) is 9.47 Å². The third-order valence-electron chi connectivity index (χ3n) is 4.94. The van der Waals surface area contributed by atoms with Crippen LogP contribution in [-0.2, 0) is 9.47 Å². The fraction of sp³-hybridized carbons (Fsp3) is 0.0435. The lowest BCUT2D eigenvalue weighted by Gasteiger charge is -2.14. The second-order valence-corrected chi connectivity index (χ2v) is 8.10. The minimum absolute atomic E-state index is 0.110. The largest absolute Gasteiger partial charge is 0.453 e. The van der Waals surface area contributed by atoms with Crippen LogP contribution in [-0.4, -0.2) is 21.0 Å². The molecular weight excluding hydrogens is 444 g/mol. The molecule has 2 aromatic heterocycles. The maximum absolute atomic E-state index is 12.4. The van der Waals surface area contributed by atoms with Crippen molar-refractivity contribution >= 4 is 45.3 Å². The molecule has 0 spiro atoms. The average molecular weight is 460 g/mol. The number of hydrogen-bond donors (Lipinski definition) is 2. The number of carbonyl (C=O) groups is 1. The van der Waals surface area contributed by atoms with Crippen LogP contribution in [0, 0.1) is 10.1 Å². The third kappa shape index (κ3) is 4.19. The molecule has 164 valence electrons. The Kier molecular flexibility index (Phi) is 5.33. The second-order valence-electron chi connectivity index (χ2n) is 7.03. The maximum atomic E-state index is 12.4. The van der Waals surface area contributed by atoms with Crippen LogP contribution in [0.2, 0.25) is 0 Å². The second kappa shape index (κ2) is 8.60. The molecule has 2 N–H and O–H groups in total. The lowest BCUT2D eigenvalue weighted by molar-refractivity contribution is -0.380. The Morgan fingerprint density at radius 1 is 1.12 bits per heavy atom.